The van der Waals surface area contributed by atoms with Gasteiger partial charge in [0.15, 0.2) is 0 Å². The van der Waals surface area contributed by atoms with Crippen molar-refractivity contribution < 1.29 is 9.53 Å². The minimum absolute atomic E-state index is 0.197. The van der Waals surface area contributed by atoms with Crippen LogP contribution >= 0.6 is 11.6 Å². The fourth-order valence-electron chi connectivity index (χ4n) is 2.29. The molecule has 0 aliphatic heterocycles. The molecule has 0 aliphatic carbocycles. The van der Waals surface area contributed by atoms with E-state index in [1.54, 1.807) is 18.3 Å². The third kappa shape index (κ3) is 4.81. The standard InChI is InChI=1S/C20H17ClN2O2/c21-16-10-8-15(9-11-16)14-25-19-7-2-1-6-18(19)20(24)23-13-17-5-3-4-12-22-17/h1-12H,13-14H2,(H,23,24). The molecule has 1 amide bonds. The summed E-state index contributed by atoms with van der Waals surface area (Å²) in [5, 5.41) is 3.54. The van der Waals surface area contributed by atoms with Crippen LogP contribution in [0.5, 0.6) is 5.75 Å². The average Bonchev–Trinajstić information content (AvgIpc) is 2.67. The first-order chi connectivity index (χ1) is 12.2. The van der Waals surface area contributed by atoms with E-state index in [2.05, 4.69) is 10.3 Å². The number of ether oxygens (including phenoxy) is 1. The molecule has 25 heavy (non-hydrogen) atoms. The lowest BCUT2D eigenvalue weighted by Gasteiger charge is -2.12. The number of amides is 1. The van der Waals surface area contributed by atoms with Crippen molar-refractivity contribution in [2.75, 3.05) is 0 Å². The molecule has 1 aromatic heterocycles. The molecule has 0 saturated carbocycles. The highest BCUT2D eigenvalue weighted by Crippen LogP contribution is 2.20. The van der Waals surface area contributed by atoms with E-state index in [-0.39, 0.29) is 5.91 Å². The van der Waals surface area contributed by atoms with E-state index in [1.165, 1.54) is 0 Å². The molecule has 3 aromatic rings. The maximum absolute atomic E-state index is 12.5. The van der Waals surface area contributed by atoms with Crippen LogP contribution in [-0.4, -0.2) is 10.9 Å². The predicted octanol–water partition coefficient (Wildman–Crippen LogP) is 4.24. The van der Waals surface area contributed by atoms with Crippen molar-refractivity contribution in [2.45, 2.75) is 13.2 Å². The van der Waals surface area contributed by atoms with Crippen LogP contribution in [0.2, 0.25) is 5.02 Å². The fraction of sp³-hybridized carbons (Fsp3) is 0.100. The van der Waals surface area contributed by atoms with E-state index < -0.39 is 0 Å². The maximum atomic E-state index is 12.5. The SMILES string of the molecule is O=C(NCc1ccccn1)c1ccccc1OCc1ccc(Cl)cc1. The van der Waals surface area contributed by atoms with Crippen molar-refractivity contribution in [1.29, 1.82) is 0 Å². The second-order valence-electron chi connectivity index (χ2n) is 5.42. The molecule has 0 unspecified atom stereocenters. The molecular weight excluding hydrogens is 336 g/mol. The smallest absolute Gasteiger partial charge is 0.255 e. The average molecular weight is 353 g/mol. The van der Waals surface area contributed by atoms with Crippen molar-refractivity contribution in [2.24, 2.45) is 0 Å². The molecule has 0 bridgehead atoms. The molecule has 0 fully saturated rings. The molecule has 5 heteroatoms. The summed E-state index contributed by atoms with van der Waals surface area (Å²) < 4.78 is 5.82. The van der Waals surface area contributed by atoms with Crippen molar-refractivity contribution in [1.82, 2.24) is 10.3 Å². The van der Waals surface area contributed by atoms with E-state index in [0.29, 0.717) is 29.5 Å². The lowest BCUT2D eigenvalue weighted by molar-refractivity contribution is 0.0946. The predicted molar refractivity (Wildman–Crippen MR) is 97.6 cm³/mol. The van der Waals surface area contributed by atoms with E-state index in [9.17, 15) is 4.79 Å². The van der Waals surface area contributed by atoms with Crippen LogP contribution in [0.1, 0.15) is 21.6 Å². The van der Waals surface area contributed by atoms with Crippen LogP contribution in [0.15, 0.2) is 72.9 Å². The maximum Gasteiger partial charge on any atom is 0.255 e. The summed E-state index contributed by atoms with van der Waals surface area (Å²) in [6.45, 7) is 0.729. The quantitative estimate of drug-likeness (QED) is 0.721. The Labute approximate surface area is 151 Å². The summed E-state index contributed by atoms with van der Waals surface area (Å²) in [6, 6.07) is 20.2. The molecule has 0 radical (unpaired) electrons. The van der Waals surface area contributed by atoms with Crippen LogP contribution < -0.4 is 10.1 Å². The first-order valence-corrected chi connectivity index (χ1v) is 8.24. The third-order valence-electron chi connectivity index (χ3n) is 3.60. The van der Waals surface area contributed by atoms with Crippen molar-refractivity contribution in [3.8, 4) is 5.75 Å². The van der Waals surface area contributed by atoms with Crippen LogP contribution in [0.25, 0.3) is 0 Å². The van der Waals surface area contributed by atoms with Crippen LogP contribution in [0.3, 0.4) is 0 Å². The van der Waals surface area contributed by atoms with Gasteiger partial charge in [0.1, 0.15) is 12.4 Å². The molecule has 126 valence electrons. The van der Waals surface area contributed by atoms with E-state index >= 15 is 0 Å². The number of pyridine rings is 1. The largest absolute Gasteiger partial charge is 0.488 e. The Balaban J connectivity index is 1.65. The Morgan fingerprint density at radius 2 is 1.76 bits per heavy atom. The Bertz CT molecular complexity index is 836. The molecule has 3 rings (SSSR count). The highest BCUT2D eigenvalue weighted by molar-refractivity contribution is 6.30. The summed E-state index contributed by atoms with van der Waals surface area (Å²) in [6.07, 6.45) is 1.70. The molecule has 2 aromatic carbocycles. The number of carbonyl (C=O) groups excluding carboxylic acids is 1. The summed E-state index contributed by atoms with van der Waals surface area (Å²) in [5.74, 6) is 0.341. The zero-order chi connectivity index (χ0) is 17.5. The Morgan fingerprint density at radius 3 is 2.52 bits per heavy atom. The number of nitrogens with zero attached hydrogens (tertiary/aromatic N) is 1. The zero-order valence-electron chi connectivity index (χ0n) is 13.5. The second kappa shape index (κ2) is 8.31. The van der Waals surface area contributed by atoms with Gasteiger partial charge in [0.25, 0.3) is 5.91 Å². The van der Waals surface area contributed by atoms with Gasteiger partial charge in [0, 0.05) is 11.2 Å². The van der Waals surface area contributed by atoms with Gasteiger partial charge >= 0.3 is 0 Å². The molecule has 0 atom stereocenters. The zero-order valence-corrected chi connectivity index (χ0v) is 14.2. The first-order valence-electron chi connectivity index (χ1n) is 7.87. The fourth-order valence-corrected chi connectivity index (χ4v) is 2.42. The van der Waals surface area contributed by atoms with Gasteiger partial charge in [-0.3, -0.25) is 9.78 Å². The number of rotatable bonds is 6. The molecule has 4 nitrogen and oxygen atoms in total. The number of hydrogen-bond donors (Lipinski definition) is 1. The highest BCUT2D eigenvalue weighted by atomic mass is 35.5. The molecule has 0 saturated heterocycles. The van der Waals surface area contributed by atoms with Gasteiger partial charge < -0.3 is 10.1 Å². The molecule has 1 N–H and O–H groups in total. The topological polar surface area (TPSA) is 51.2 Å². The number of nitrogens with one attached hydrogen (secondary N) is 1. The monoisotopic (exact) mass is 352 g/mol. The Kier molecular flexibility index (Phi) is 5.65. The Hall–Kier alpha value is -2.85. The van der Waals surface area contributed by atoms with Crippen molar-refractivity contribution >= 4 is 17.5 Å². The summed E-state index contributed by atoms with van der Waals surface area (Å²) in [7, 11) is 0. The summed E-state index contributed by atoms with van der Waals surface area (Å²) in [5.41, 5.74) is 2.27. The van der Waals surface area contributed by atoms with Crippen LogP contribution in [-0.2, 0) is 13.2 Å². The van der Waals surface area contributed by atoms with E-state index in [0.717, 1.165) is 11.3 Å². The van der Waals surface area contributed by atoms with Crippen LogP contribution in [0, 0.1) is 0 Å². The van der Waals surface area contributed by atoms with Gasteiger partial charge in [0.2, 0.25) is 0 Å². The number of hydrogen-bond acceptors (Lipinski definition) is 3. The molecule has 0 spiro atoms. The first kappa shape index (κ1) is 17.0. The van der Waals surface area contributed by atoms with Crippen molar-refractivity contribution in [3.63, 3.8) is 0 Å². The number of carbonyl (C=O) groups is 1. The lowest BCUT2D eigenvalue weighted by atomic mass is 10.2. The second-order valence-corrected chi connectivity index (χ2v) is 5.85. The Morgan fingerprint density at radius 1 is 1.00 bits per heavy atom. The highest BCUT2D eigenvalue weighted by Gasteiger charge is 2.12. The van der Waals surface area contributed by atoms with E-state index in [4.69, 9.17) is 16.3 Å². The molecule has 0 aliphatic rings. The normalized spacial score (nSPS) is 10.3. The summed E-state index contributed by atoms with van der Waals surface area (Å²) in [4.78, 5) is 16.7. The van der Waals surface area contributed by atoms with Crippen molar-refractivity contribution in [3.05, 3.63) is 94.8 Å². The number of aromatic nitrogens is 1. The number of halogens is 1. The van der Waals surface area contributed by atoms with Gasteiger partial charge in [-0.1, -0.05) is 41.9 Å². The minimum Gasteiger partial charge on any atom is -0.488 e. The molecular formula is C20H17ClN2O2. The summed E-state index contributed by atoms with van der Waals surface area (Å²) >= 11 is 5.88. The minimum atomic E-state index is -0.197. The molecule has 1 heterocycles. The van der Waals surface area contributed by atoms with Gasteiger partial charge in [-0.05, 0) is 42.0 Å². The van der Waals surface area contributed by atoms with Gasteiger partial charge in [-0.15, -0.1) is 0 Å². The van der Waals surface area contributed by atoms with Crippen LogP contribution in [0.4, 0.5) is 0 Å². The number of para-hydroxylation sites is 1. The van der Waals surface area contributed by atoms with E-state index in [1.807, 2.05) is 54.6 Å². The van der Waals surface area contributed by atoms with Gasteiger partial charge in [-0.2, -0.15) is 0 Å². The third-order valence-corrected chi connectivity index (χ3v) is 3.85. The van der Waals surface area contributed by atoms with Gasteiger partial charge in [-0.25, -0.2) is 0 Å². The lowest BCUT2D eigenvalue weighted by Crippen LogP contribution is -2.23. The van der Waals surface area contributed by atoms with Gasteiger partial charge in [0.05, 0.1) is 17.8 Å². The number of benzene rings is 2.